The van der Waals surface area contributed by atoms with E-state index in [0.29, 0.717) is 23.7 Å². The van der Waals surface area contributed by atoms with Crippen molar-refractivity contribution >= 4 is 5.91 Å². The number of rotatable bonds is 5. The quantitative estimate of drug-likeness (QED) is 0.776. The lowest BCUT2D eigenvalue weighted by atomic mass is 10.1. The van der Waals surface area contributed by atoms with Crippen LogP contribution in [0.5, 0.6) is 0 Å². The van der Waals surface area contributed by atoms with Crippen LogP contribution in [0.4, 0.5) is 4.39 Å². The van der Waals surface area contributed by atoms with Crippen molar-refractivity contribution in [2.24, 2.45) is 5.92 Å². The molecule has 0 radical (unpaired) electrons. The fourth-order valence-corrected chi connectivity index (χ4v) is 2.37. The summed E-state index contributed by atoms with van der Waals surface area (Å²) in [5.74, 6) is -0.505. The van der Waals surface area contributed by atoms with Gasteiger partial charge in [-0.2, -0.15) is 0 Å². The Balaban J connectivity index is 2.11. The molecule has 0 aliphatic rings. The van der Waals surface area contributed by atoms with Crippen LogP contribution < -0.4 is 5.32 Å². The predicted octanol–water partition coefficient (Wildman–Crippen LogP) is 2.85. The van der Waals surface area contributed by atoms with Gasteiger partial charge in [0.1, 0.15) is 17.2 Å². The maximum absolute atomic E-state index is 14.2. The third kappa shape index (κ3) is 3.55. The molecule has 3 rings (SSSR count). The van der Waals surface area contributed by atoms with Gasteiger partial charge in [0.15, 0.2) is 5.69 Å². The molecule has 0 fully saturated rings. The fourth-order valence-electron chi connectivity index (χ4n) is 2.37. The number of nitrogens with one attached hydrogen (secondary N) is 1. The number of pyridine rings is 1. The first-order valence-corrected chi connectivity index (χ1v) is 7.97. The Morgan fingerprint density at radius 3 is 2.72 bits per heavy atom. The molecule has 3 aromatic rings. The highest BCUT2D eigenvalue weighted by Crippen LogP contribution is 2.25. The van der Waals surface area contributed by atoms with Gasteiger partial charge in [0.25, 0.3) is 5.91 Å². The van der Waals surface area contributed by atoms with Crippen molar-refractivity contribution in [2.45, 2.75) is 13.8 Å². The maximum Gasteiger partial charge on any atom is 0.274 e. The minimum atomic E-state index is -0.452. The number of para-hydroxylation sites is 1. The fraction of sp³-hybridized carbons (Fsp3) is 0.222. The lowest BCUT2D eigenvalue weighted by molar-refractivity contribution is 0.0944. The average Bonchev–Trinajstić information content (AvgIpc) is 3.05. The lowest BCUT2D eigenvalue weighted by Crippen LogP contribution is -2.28. The summed E-state index contributed by atoms with van der Waals surface area (Å²) in [6, 6.07) is 9.73. The molecule has 0 saturated carbocycles. The molecule has 2 heterocycles. The first kappa shape index (κ1) is 16.8. The molecule has 128 valence electrons. The summed E-state index contributed by atoms with van der Waals surface area (Å²) in [5, 5.41) is 10.8. The molecule has 0 saturated heterocycles. The molecule has 0 aliphatic heterocycles. The second kappa shape index (κ2) is 7.21. The Morgan fingerprint density at radius 1 is 1.24 bits per heavy atom. The predicted molar refractivity (Wildman–Crippen MR) is 91.7 cm³/mol. The van der Waals surface area contributed by atoms with Crippen LogP contribution in [0.2, 0.25) is 0 Å². The Labute approximate surface area is 144 Å². The number of benzene rings is 1. The molecular weight excluding hydrogens is 321 g/mol. The summed E-state index contributed by atoms with van der Waals surface area (Å²) >= 11 is 0. The molecule has 2 aromatic heterocycles. The molecule has 0 unspecified atom stereocenters. The Kier molecular flexibility index (Phi) is 4.83. The van der Waals surface area contributed by atoms with Crippen molar-refractivity contribution in [1.29, 1.82) is 0 Å². The zero-order chi connectivity index (χ0) is 17.8. The molecular formula is C18H18FN5O. The Hall–Kier alpha value is -3.09. The van der Waals surface area contributed by atoms with Crippen LogP contribution >= 0.6 is 0 Å². The molecule has 0 atom stereocenters. The van der Waals surface area contributed by atoms with Crippen LogP contribution in [0.3, 0.4) is 0 Å². The van der Waals surface area contributed by atoms with Crippen molar-refractivity contribution in [3.05, 3.63) is 60.3 Å². The molecule has 25 heavy (non-hydrogen) atoms. The summed E-state index contributed by atoms with van der Waals surface area (Å²) in [4.78, 5) is 16.6. The second-order valence-corrected chi connectivity index (χ2v) is 6.00. The topological polar surface area (TPSA) is 72.7 Å². The monoisotopic (exact) mass is 339 g/mol. The standard InChI is InChI=1S/C18H18FN5O/c1-12(2)10-21-18(25)16-17(13-6-5-9-20-11-13)24(23-22-16)15-8-4-3-7-14(15)19/h3-9,11-12H,10H2,1-2H3,(H,21,25). The number of halogens is 1. The van der Waals surface area contributed by atoms with Gasteiger partial charge in [0.05, 0.1) is 0 Å². The number of aromatic nitrogens is 4. The van der Waals surface area contributed by atoms with Gasteiger partial charge in [-0.05, 0) is 30.2 Å². The van der Waals surface area contributed by atoms with E-state index in [9.17, 15) is 9.18 Å². The first-order valence-electron chi connectivity index (χ1n) is 7.97. The number of amides is 1. The summed E-state index contributed by atoms with van der Waals surface area (Å²) in [6.07, 6.45) is 3.22. The Morgan fingerprint density at radius 2 is 2.04 bits per heavy atom. The summed E-state index contributed by atoms with van der Waals surface area (Å²) < 4.78 is 15.6. The Bertz CT molecular complexity index is 876. The highest BCUT2D eigenvalue weighted by atomic mass is 19.1. The third-order valence-electron chi connectivity index (χ3n) is 3.57. The smallest absolute Gasteiger partial charge is 0.274 e. The molecule has 1 amide bonds. The lowest BCUT2D eigenvalue weighted by Gasteiger charge is -2.10. The zero-order valence-electron chi connectivity index (χ0n) is 14.0. The van der Waals surface area contributed by atoms with E-state index >= 15 is 0 Å². The van der Waals surface area contributed by atoms with Gasteiger partial charge in [-0.1, -0.05) is 31.2 Å². The van der Waals surface area contributed by atoms with Crippen molar-refractivity contribution in [2.75, 3.05) is 6.54 Å². The second-order valence-electron chi connectivity index (χ2n) is 6.00. The van der Waals surface area contributed by atoms with Crippen LogP contribution in [0, 0.1) is 11.7 Å². The van der Waals surface area contributed by atoms with Gasteiger partial charge < -0.3 is 5.32 Å². The van der Waals surface area contributed by atoms with Gasteiger partial charge >= 0.3 is 0 Å². The van der Waals surface area contributed by atoms with E-state index in [2.05, 4.69) is 20.6 Å². The van der Waals surface area contributed by atoms with Crippen LogP contribution in [-0.2, 0) is 0 Å². The summed E-state index contributed by atoms with van der Waals surface area (Å²) in [6.45, 7) is 4.51. The molecule has 1 N–H and O–H groups in total. The van der Waals surface area contributed by atoms with E-state index in [1.165, 1.54) is 10.7 Å². The van der Waals surface area contributed by atoms with E-state index in [4.69, 9.17) is 0 Å². The summed E-state index contributed by atoms with van der Waals surface area (Å²) in [7, 11) is 0. The number of hydrogen-bond donors (Lipinski definition) is 1. The van der Waals surface area contributed by atoms with Crippen LogP contribution in [-0.4, -0.2) is 32.4 Å². The van der Waals surface area contributed by atoms with E-state index in [1.54, 1.807) is 42.7 Å². The van der Waals surface area contributed by atoms with E-state index in [0.717, 1.165) is 0 Å². The van der Waals surface area contributed by atoms with Crippen LogP contribution in [0.25, 0.3) is 16.9 Å². The maximum atomic E-state index is 14.2. The highest BCUT2D eigenvalue weighted by molar-refractivity contribution is 5.98. The van der Waals surface area contributed by atoms with E-state index in [-0.39, 0.29) is 17.3 Å². The average molecular weight is 339 g/mol. The molecule has 0 bridgehead atoms. The zero-order valence-corrected chi connectivity index (χ0v) is 14.0. The number of hydrogen-bond acceptors (Lipinski definition) is 4. The van der Waals surface area contributed by atoms with E-state index in [1.807, 2.05) is 13.8 Å². The van der Waals surface area contributed by atoms with Crippen molar-refractivity contribution in [3.8, 4) is 16.9 Å². The first-order chi connectivity index (χ1) is 12.1. The van der Waals surface area contributed by atoms with Gasteiger partial charge in [-0.15, -0.1) is 5.10 Å². The SMILES string of the molecule is CC(C)CNC(=O)c1nnn(-c2ccccc2F)c1-c1cccnc1. The van der Waals surface area contributed by atoms with Crippen LogP contribution in [0.1, 0.15) is 24.3 Å². The molecule has 0 aliphatic carbocycles. The molecule has 7 heteroatoms. The highest BCUT2D eigenvalue weighted by Gasteiger charge is 2.23. The molecule has 0 spiro atoms. The molecule has 1 aromatic carbocycles. The van der Waals surface area contributed by atoms with E-state index < -0.39 is 5.82 Å². The van der Waals surface area contributed by atoms with Crippen molar-refractivity contribution in [1.82, 2.24) is 25.3 Å². The number of carbonyl (C=O) groups excluding carboxylic acids is 1. The minimum absolute atomic E-state index is 0.136. The van der Waals surface area contributed by atoms with Gasteiger partial charge in [-0.25, -0.2) is 9.07 Å². The third-order valence-corrected chi connectivity index (χ3v) is 3.57. The normalized spacial score (nSPS) is 10.9. The van der Waals surface area contributed by atoms with Gasteiger partial charge in [0.2, 0.25) is 0 Å². The largest absolute Gasteiger partial charge is 0.350 e. The van der Waals surface area contributed by atoms with Crippen LogP contribution in [0.15, 0.2) is 48.8 Å². The number of nitrogens with zero attached hydrogens (tertiary/aromatic N) is 4. The number of carbonyl (C=O) groups is 1. The summed E-state index contributed by atoms with van der Waals surface area (Å²) in [5.41, 5.74) is 1.39. The molecule has 6 nitrogen and oxygen atoms in total. The van der Waals surface area contributed by atoms with Gasteiger partial charge in [-0.3, -0.25) is 9.78 Å². The van der Waals surface area contributed by atoms with Crippen molar-refractivity contribution < 1.29 is 9.18 Å². The van der Waals surface area contributed by atoms with Gasteiger partial charge in [0, 0.05) is 24.5 Å². The minimum Gasteiger partial charge on any atom is -0.350 e. The van der Waals surface area contributed by atoms with Crippen molar-refractivity contribution in [3.63, 3.8) is 0 Å².